The molecule has 3 nitrogen and oxygen atoms in total. The summed E-state index contributed by atoms with van der Waals surface area (Å²) in [6.07, 6.45) is 0.979. The van der Waals surface area contributed by atoms with Crippen LogP contribution in [-0.2, 0) is 16.8 Å². The molecule has 0 aliphatic carbocycles. The Labute approximate surface area is 89.5 Å². The minimum Gasteiger partial charge on any atom is -0.372 e. The molecule has 0 fully saturated rings. The van der Waals surface area contributed by atoms with Crippen LogP contribution in [0.1, 0.15) is 24.5 Å². The number of likely N-dealkylation sites (N-methyl/N-ethyl adjacent to an activating group) is 1. The van der Waals surface area contributed by atoms with Crippen LogP contribution in [0.5, 0.6) is 0 Å². The third-order valence-electron chi connectivity index (χ3n) is 2.21. The van der Waals surface area contributed by atoms with Crippen LogP contribution in [0.2, 0.25) is 0 Å². The highest BCUT2D eigenvalue weighted by Crippen LogP contribution is 2.26. The fourth-order valence-electron chi connectivity index (χ4n) is 1.04. The first kappa shape index (κ1) is 11.6. The molecule has 0 atom stereocenters. The summed E-state index contributed by atoms with van der Waals surface area (Å²) in [4.78, 5) is 4.54. The average molecular weight is 214 g/mol. The summed E-state index contributed by atoms with van der Waals surface area (Å²) in [6, 6.07) is 0. The lowest BCUT2D eigenvalue weighted by Gasteiger charge is -2.19. The number of rotatable bonds is 5. The number of hydrogen-bond acceptors (Lipinski definition) is 4. The third-order valence-corrected chi connectivity index (χ3v) is 3.40. The number of aromatic nitrogens is 1. The molecule has 0 spiro atoms. The van der Waals surface area contributed by atoms with Crippen LogP contribution in [0.25, 0.3) is 0 Å². The minimum absolute atomic E-state index is 0.261. The van der Waals surface area contributed by atoms with Crippen molar-refractivity contribution in [2.45, 2.75) is 25.9 Å². The van der Waals surface area contributed by atoms with Gasteiger partial charge in [0.15, 0.2) is 0 Å². The van der Waals surface area contributed by atoms with Gasteiger partial charge in [0.25, 0.3) is 0 Å². The Morgan fingerprint density at radius 2 is 2.29 bits per heavy atom. The Kier molecular flexibility index (Phi) is 4.04. The van der Waals surface area contributed by atoms with E-state index in [2.05, 4.69) is 15.7 Å². The van der Waals surface area contributed by atoms with Gasteiger partial charge in [0, 0.05) is 25.5 Å². The molecule has 1 aromatic heterocycles. The van der Waals surface area contributed by atoms with E-state index < -0.39 is 0 Å². The van der Waals surface area contributed by atoms with Crippen molar-refractivity contribution in [1.82, 2.24) is 10.3 Å². The van der Waals surface area contributed by atoms with E-state index in [0.717, 1.165) is 23.7 Å². The van der Waals surface area contributed by atoms with Gasteiger partial charge in [-0.1, -0.05) is 0 Å². The predicted octanol–water partition coefficient (Wildman–Crippen LogP) is 1.79. The lowest BCUT2D eigenvalue weighted by atomic mass is 10.1. The maximum absolute atomic E-state index is 5.37. The number of nitrogens with one attached hydrogen (secondary N) is 1. The zero-order valence-corrected chi connectivity index (χ0v) is 10.1. The second-order valence-electron chi connectivity index (χ2n) is 3.71. The molecule has 0 amide bonds. The van der Waals surface area contributed by atoms with Crippen molar-refractivity contribution in [2.24, 2.45) is 0 Å². The van der Waals surface area contributed by atoms with Gasteiger partial charge in [-0.05, 0) is 20.9 Å². The Morgan fingerprint density at radius 3 is 2.86 bits per heavy atom. The van der Waals surface area contributed by atoms with Crippen molar-refractivity contribution >= 4 is 11.3 Å². The highest BCUT2D eigenvalue weighted by atomic mass is 32.1. The molecule has 0 aliphatic heterocycles. The zero-order chi connectivity index (χ0) is 10.6. The molecule has 0 aliphatic rings. The maximum Gasteiger partial charge on any atom is 0.124 e. The molecule has 1 heterocycles. The maximum atomic E-state index is 5.37. The summed E-state index contributed by atoms with van der Waals surface area (Å²) in [5, 5.41) is 6.26. The Hall–Kier alpha value is -0.450. The van der Waals surface area contributed by atoms with Gasteiger partial charge in [-0.25, -0.2) is 4.98 Å². The smallest absolute Gasteiger partial charge is 0.124 e. The van der Waals surface area contributed by atoms with Crippen molar-refractivity contribution < 1.29 is 4.74 Å². The molecule has 1 N–H and O–H groups in total. The molecular weight excluding hydrogens is 196 g/mol. The van der Waals surface area contributed by atoms with Crippen LogP contribution in [-0.4, -0.2) is 25.7 Å². The molecule has 1 rings (SSSR count). The highest BCUT2D eigenvalue weighted by Gasteiger charge is 2.23. The SMILES string of the molecule is CNCCc1csc(C(C)(C)OC)n1. The first-order valence-corrected chi connectivity index (χ1v) is 5.62. The summed E-state index contributed by atoms with van der Waals surface area (Å²) in [5.74, 6) is 0. The van der Waals surface area contributed by atoms with Gasteiger partial charge in [0.2, 0.25) is 0 Å². The summed E-state index contributed by atoms with van der Waals surface area (Å²) in [7, 11) is 3.67. The summed E-state index contributed by atoms with van der Waals surface area (Å²) < 4.78 is 5.37. The molecular formula is C10H18N2OS. The number of thiazole rings is 1. The van der Waals surface area contributed by atoms with E-state index in [0.29, 0.717) is 0 Å². The standard InChI is InChI=1S/C10H18N2OS/c1-10(2,13-4)9-12-8(7-14-9)5-6-11-3/h7,11H,5-6H2,1-4H3. The molecule has 14 heavy (non-hydrogen) atoms. The first-order chi connectivity index (χ1) is 6.60. The van der Waals surface area contributed by atoms with E-state index in [9.17, 15) is 0 Å². The molecule has 80 valence electrons. The number of ether oxygens (including phenoxy) is 1. The van der Waals surface area contributed by atoms with Gasteiger partial charge in [0.05, 0.1) is 5.69 Å². The molecule has 0 aromatic carbocycles. The van der Waals surface area contributed by atoms with Gasteiger partial charge in [-0.3, -0.25) is 0 Å². The molecule has 0 saturated carbocycles. The van der Waals surface area contributed by atoms with E-state index in [1.807, 2.05) is 20.9 Å². The van der Waals surface area contributed by atoms with Gasteiger partial charge < -0.3 is 10.1 Å². The number of hydrogen-bond donors (Lipinski definition) is 1. The minimum atomic E-state index is -0.261. The quantitative estimate of drug-likeness (QED) is 0.811. The van der Waals surface area contributed by atoms with E-state index in [1.54, 1.807) is 18.4 Å². The van der Waals surface area contributed by atoms with Gasteiger partial charge in [0.1, 0.15) is 10.6 Å². The van der Waals surface area contributed by atoms with E-state index in [1.165, 1.54) is 0 Å². The molecule has 1 aromatic rings. The largest absolute Gasteiger partial charge is 0.372 e. The van der Waals surface area contributed by atoms with Crippen LogP contribution in [0.3, 0.4) is 0 Å². The van der Waals surface area contributed by atoms with Gasteiger partial charge in [-0.15, -0.1) is 11.3 Å². The predicted molar refractivity (Wildman–Crippen MR) is 59.8 cm³/mol. The van der Waals surface area contributed by atoms with Crippen molar-refractivity contribution in [1.29, 1.82) is 0 Å². The normalized spacial score (nSPS) is 12.0. The first-order valence-electron chi connectivity index (χ1n) is 4.75. The lowest BCUT2D eigenvalue weighted by Crippen LogP contribution is -2.19. The molecule has 0 radical (unpaired) electrons. The van der Waals surface area contributed by atoms with Crippen molar-refractivity contribution in [3.05, 3.63) is 16.1 Å². The molecule has 0 bridgehead atoms. The fraction of sp³-hybridized carbons (Fsp3) is 0.700. The van der Waals surface area contributed by atoms with Crippen LogP contribution >= 0.6 is 11.3 Å². The summed E-state index contributed by atoms with van der Waals surface area (Å²) in [5.41, 5.74) is 0.882. The average Bonchev–Trinajstić information content (AvgIpc) is 2.63. The summed E-state index contributed by atoms with van der Waals surface area (Å²) >= 11 is 1.67. The second-order valence-corrected chi connectivity index (χ2v) is 4.57. The third kappa shape index (κ3) is 2.77. The van der Waals surface area contributed by atoms with Gasteiger partial charge in [-0.2, -0.15) is 0 Å². The van der Waals surface area contributed by atoms with Crippen LogP contribution < -0.4 is 5.32 Å². The zero-order valence-electron chi connectivity index (χ0n) is 9.26. The topological polar surface area (TPSA) is 34.1 Å². The molecule has 4 heteroatoms. The van der Waals surface area contributed by atoms with Crippen LogP contribution in [0.4, 0.5) is 0 Å². The van der Waals surface area contributed by atoms with Crippen LogP contribution in [0, 0.1) is 0 Å². The molecule has 0 saturated heterocycles. The Morgan fingerprint density at radius 1 is 1.57 bits per heavy atom. The Balaban J connectivity index is 2.67. The highest BCUT2D eigenvalue weighted by molar-refractivity contribution is 7.09. The number of methoxy groups -OCH3 is 1. The van der Waals surface area contributed by atoms with Crippen LogP contribution in [0.15, 0.2) is 5.38 Å². The van der Waals surface area contributed by atoms with Gasteiger partial charge >= 0.3 is 0 Å². The monoisotopic (exact) mass is 214 g/mol. The molecule has 0 unspecified atom stereocenters. The van der Waals surface area contributed by atoms with Crippen molar-refractivity contribution in [3.8, 4) is 0 Å². The van der Waals surface area contributed by atoms with E-state index >= 15 is 0 Å². The van der Waals surface area contributed by atoms with E-state index in [4.69, 9.17) is 4.74 Å². The van der Waals surface area contributed by atoms with Crippen molar-refractivity contribution in [2.75, 3.05) is 20.7 Å². The summed E-state index contributed by atoms with van der Waals surface area (Å²) in [6.45, 7) is 5.04. The Bertz CT molecular complexity index is 283. The van der Waals surface area contributed by atoms with Crippen molar-refractivity contribution in [3.63, 3.8) is 0 Å². The fourth-order valence-corrected chi connectivity index (χ4v) is 1.99. The second kappa shape index (κ2) is 4.87. The lowest BCUT2D eigenvalue weighted by molar-refractivity contribution is 0.0189. The van der Waals surface area contributed by atoms with E-state index in [-0.39, 0.29) is 5.60 Å². The number of nitrogens with zero attached hydrogens (tertiary/aromatic N) is 1.